The molecule has 0 atom stereocenters. The molecule has 2 rings (SSSR count). The molecule has 2 aromatic carbocycles. The summed E-state index contributed by atoms with van der Waals surface area (Å²) in [7, 11) is 0. The van der Waals surface area contributed by atoms with Crippen molar-refractivity contribution in [3.63, 3.8) is 0 Å². The molecule has 2 aromatic rings. The van der Waals surface area contributed by atoms with Gasteiger partial charge in [-0.25, -0.2) is 0 Å². The van der Waals surface area contributed by atoms with Crippen molar-refractivity contribution in [3.8, 4) is 0 Å². The van der Waals surface area contributed by atoms with Gasteiger partial charge < -0.3 is 0 Å². The lowest BCUT2D eigenvalue weighted by molar-refractivity contribution is 0.562. The van der Waals surface area contributed by atoms with Crippen LogP contribution in [-0.4, -0.2) is 6.29 Å². The zero-order valence-corrected chi connectivity index (χ0v) is 9.02. The Morgan fingerprint density at radius 2 is 1.50 bits per heavy atom. The van der Waals surface area contributed by atoms with Gasteiger partial charge >= 0.3 is 0 Å². The Morgan fingerprint density at radius 3 is 2.25 bits per heavy atom. The van der Waals surface area contributed by atoms with Gasteiger partial charge in [0.2, 0.25) is 6.29 Å². The van der Waals surface area contributed by atoms with E-state index < -0.39 is 0 Å². The number of carbonyl (C=O) groups excluding carboxylic acids is 1. The molecule has 0 saturated heterocycles. The van der Waals surface area contributed by atoms with E-state index in [-0.39, 0.29) is 0 Å². The van der Waals surface area contributed by atoms with Gasteiger partial charge in [-0.05, 0) is 24.0 Å². The summed E-state index contributed by atoms with van der Waals surface area (Å²) in [5.41, 5.74) is 3.04. The molecule has 0 aliphatic heterocycles. The first kappa shape index (κ1) is 10.6. The minimum atomic E-state index is 0.679. The maximum absolute atomic E-state index is 10.7. The average Bonchev–Trinajstić information content (AvgIpc) is 2.38. The fourth-order valence-corrected chi connectivity index (χ4v) is 1.76. The van der Waals surface area contributed by atoms with Crippen molar-refractivity contribution in [2.24, 2.45) is 0 Å². The third kappa shape index (κ3) is 2.57. The topological polar surface area (TPSA) is 17.1 Å². The van der Waals surface area contributed by atoms with Crippen molar-refractivity contribution in [2.75, 3.05) is 0 Å². The van der Waals surface area contributed by atoms with Crippen molar-refractivity contribution in [2.45, 2.75) is 12.8 Å². The Labute approximate surface area is 95.7 Å². The van der Waals surface area contributed by atoms with Gasteiger partial charge in [-0.3, -0.25) is 4.79 Å². The fourth-order valence-electron chi connectivity index (χ4n) is 1.76. The SMILES string of the molecule is O=[C]c1ccccc1CCc1ccccc1. The van der Waals surface area contributed by atoms with E-state index in [9.17, 15) is 4.79 Å². The van der Waals surface area contributed by atoms with Crippen LogP contribution in [-0.2, 0) is 17.6 Å². The lowest BCUT2D eigenvalue weighted by atomic mass is 10.0. The van der Waals surface area contributed by atoms with Crippen LogP contribution in [0.15, 0.2) is 54.6 Å². The van der Waals surface area contributed by atoms with E-state index in [1.54, 1.807) is 0 Å². The van der Waals surface area contributed by atoms with Crippen molar-refractivity contribution in [1.29, 1.82) is 0 Å². The van der Waals surface area contributed by atoms with Crippen LogP contribution in [0.2, 0.25) is 0 Å². The molecule has 0 spiro atoms. The molecule has 0 bridgehead atoms. The molecule has 16 heavy (non-hydrogen) atoms. The van der Waals surface area contributed by atoms with Gasteiger partial charge in [0.15, 0.2) is 0 Å². The first-order valence-corrected chi connectivity index (χ1v) is 5.40. The molecule has 79 valence electrons. The van der Waals surface area contributed by atoms with Gasteiger partial charge in [0.1, 0.15) is 0 Å². The van der Waals surface area contributed by atoms with E-state index in [0.717, 1.165) is 18.4 Å². The summed E-state index contributed by atoms with van der Waals surface area (Å²) < 4.78 is 0. The van der Waals surface area contributed by atoms with Crippen LogP contribution < -0.4 is 0 Å². The zero-order chi connectivity index (χ0) is 11.2. The molecule has 1 radical (unpaired) electrons. The molecule has 0 fully saturated rings. The second-order valence-corrected chi connectivity index (χ2v) is 3.74. The van der Waals surface area contributed by atoms with Crippen LogP contribution in [0.25, 0.3) is 0 Å². The van der Waals surface area contributed by atoms with Gasteiger partial charge in [-0.15, -0.1) is 0 Å². The second-order valence-electron chi connectivity index (χ2n) is 3.74. The third-order valence-corrected chi connectivity index (χ3v) is 2.65. The summed E-state index contributed by atoms with van der Waals surface area (Å²) in [5.74, 6) is 0. The van der Waals surface area contributed by atoms with Gasteiger partial charge in [0.25, 0.3) is 0 Å². The number of hydrogen-bond donors (Lipinski definition) is 0. The summed E-state index contributed by atoms with van der Waals surface area (Å²) in [5, 5.41) is 0. The zero-order valence-electron chi connectivity index (χ0n) is 9.02. The number of aryl methyl sites for hydroxylation is 2. The lowest BCUT2D eigenvalue weighted by Gasteiger charge is -2.04. The summed E-state index contributed by atoms with van der Waals surface area (Å²) in [6.45, 7) is 0. The van der Waals surface area contributed by atoms with Crippen LogP contribution in [0.4, 0.5) is 0 Å². The maximum Gasteiger partial charge on any atom is 0.233 e. The van der Waals surface area contributed by atoms with E-state index in [0.29, 0.717) is 5.56 Å². The third-order valence-electron chi connectivity index (χ3n) is 2.65. The highest BCUT2D eigenvalue weighted by molar-refractivity contribution is 5.77. The van der Waals surface area contributed by atoms with Gasteiger partial charge in [0.05, 0.1) is 0 Å². The van der Waals surface area contributed by atoms with Crippen molar-refractivity contribution in [3.05, 3.63) is 71.3 Å². The van der Waals surface area contributed by atoms with Crippen LogP contribution in [0.5, 0.6) is 0 Å². The molecule has 0 N–H and O–H groups in total. The molecule has 0 aliphatic carbocycles. The first-order valence-electron chi connectivity index (χ1n) is 5.40. The Bertz CT molecular complexity index is 460. The molecule has 0 aromatic heterocycles. The minimum absolute atomic E-state index is 0.679. The molecule has 1 nitrogen and oxygen atoms in total. The number of benzene rings is 2. The second kappa shape index (κ2) is 5.26. The predicted molar refractivity (Wildman–Crippen MR) is 65.1 cm³/mol. The monoisotopic (exact) mass is 209 g/mol. The molecule has 1 heteroatoms. The van der Waals surface area contributed by atoms with E-state index in [1.807, 2.05) is 48.8 Å². The van der Waals surface area contributed by atoms with Crippen LogP contribution >= 0.6 is 0 Å². The summed E-state index contributed by atoms with van der Waals surface area (Å²) in [4.78, 5) is 10.7. The van der Waals surface area contributed by atoms with E-state index >= 15 is 0 Å². The van der Waals surface area contributed by atoms with Crippen molar-refractivity contribution >= 4 is 6.29 Å². The highest BCUT2D eigenvalue weighted by atomic mass is 16.1. The molecule has 0 heterocycles. The fraction of sp³-hybridized carbons (Fsp3) is 0.133. The largest absolute Gasteiger partial charge is 0.285 e. The predicted octanol–water partition coefficient (Wildman–Crippen LogP) is 2.93. The van der Waals surface area contributed by atoms with Gasteiger partial charge in [-0.1, -0.05) is 54.6 Å². The molecular weight excluding hydrogens is 196 g/mol. The lowest BCUT2D eigenvalue weighted by Crippen LogP contribution is -1.95. The molecule has 0 aliphatic rings. The van der Waals surface area contributed by atoms with Crippen LogP contribution in [0, 0.1) is 0 Å². The first-order chi connectivity index (χ1) is 7.90. The molecule has 0 amide bonds. The normalized spacial score (nSPS) is 10.0. The van der Waals surface area contributed by atoms with Crippen LogP contribution in [0.1, 0.15) is 16.7 Å². The maximum atomic E-state index is 10.7. The van der Waals surface area contributed by atoms with E-state index in [1.165, 1.54) is 5.56 Å². The summed E-state index contributed by atoms with van der Waals surface area (Å²) in [6, 6.07) is 17.9. The standard InChI is InChI=1S/C15H13O/c16-12-15-9-5-4-8-14(15)11-10-13-6-2-1-3-7-13/h1-9H,10-11H2. The Hall–Kier alpha value is -1.89. The Kier molecular flexibility index (Phi) is 3.50. The Morgan fingerprint density at radius 1 is 0.812 bits per heavy atom. The molecule has 0 unspecified atom stereocenters. The highest BCUT2D eigenvalue weighted by Gasteiger charge is 2.01. The minimum Gasteiger partial charge on any atom is -0.285 e. The highest BCUT2D eigenvalue weighted by Crippen LogP contribution is 2.10. The number of rotatable bonds is 4. The number of hydrogen-bond acceptors (Lipinski definition) is 1. The summed E-state index contributed by atoms with van der Waals surface area (Å²) >= 11 is 0. The van der Waals surface area contributed by atoms with Crippen molar-refractivity contribution in [1.82, 2.24) is 0 Å². The molecule has 0 saturated carbocycles. The average molecular weight is 209 g/mol. The van der Waals surface area contributed by atoms with E-state index in [4.69, 9.17) is 0 Å². The quantitative estimate of drug-likeness (QED) is 0.756. The smallest absolute Gasteiger partial charge is 0.233 e. The Balaban J connectivity index is 2.08. The van der Waals surface area contributed by atoms with Gasteiger partial charge in [-0.2, -0.15) is 0 Å². The molecular formula is C15H13O. The van der Waals surface area contributed by atoms with Crippen LogP contribution in [0.3, 0.4) is 0 Å². The summed E-state index contributed by atoms with van der Waals surface area (Å²) in [6.07, 6.45) is 3.82. The van der Waals surface area contributed by atoms with Gasteiger partial charge in [0, 0.05) is 5.56 Å². The van der Waals surface area contributed by atoms with Crippen molar-refractivity contribution < 1.29 is 4.79 Å². The van der Waals surface area contributed by atoms with E-state index in [2.05, 4.69) is 12.1 Å².